The number of carbonyl (C=O) groups excluding carboxylic acids is 1. The largest absolute Gasteiger partial charge is 0.478 e. The highest BCUT2D eigenvalue weighted by Crippen LogP contribution is 2.26. The Morgan fingerprint density at radius 2 is 2.05 bits per heavy atom. The number of urea groups is 1. The standard InChI is InChI=1S/C15H20N2O4/c1-15(2,21)12-8-17(9-12)14(20)16-7-10-4-3-5-11(6-10)13(18)19/h3-6,12,21H,7-9H2,1-2H3,(H,16,20)(H,18,19). The van der Waals surface area contributed by atoms with E-state index in [1.807, 2.05) is 0 Å². The third-order valence-electron chi connectivity index (χ3n) is 3.79. The van der Waals surface area contributed by atoms with Gasteiger partial charge in [-0.2, -0.15) is 0 Å². The van der Waals surface area contributed by atoms with Gasteiger partial charge in [0.1, 0.15) is 0 Å². The fourth-order valence-electron chi connectivity index (χ4n) is 2.20. The number of carbonyl (C=O) groups is 2. The summed E-state index contributed by atoms with van der Waals surface area (Å²) in [6.07, 6.45) is 0. The second-order valence-electron chi connectivity index (χ2n) is 5.92. The van der Waals surface area contributed by atoms with Crippen molar-refractivity contribution in [3.8, 4) is 0 Å². The van der Waals surface area contributed by atoms with Crippen molar-refractivity contribution in [3.05, 3.63) is 35.4 Å². The minimum absolute atomic E-state index is 0.0959. The van der Waals surface area contributed by atoms with Crippen molar-refractivity contribution in [2.45, 2.75) is 26.0 Å². The quantitative estimate of drug-likeness (QED) is 0.780. The molecule has 0 aliphatic carbocycles. The number of amides is 2. The first-order valence-corrected chi connectivity index (χ1v) is 6.85. The molecule has 114 valence electrons. The van der Waals surface area contributed by atoms with Gasteiger partial charge in [0.25, 0.3) is 0 Å². The SMILES string of the molecule is CC(C)(O)C1CN(C(=O)NCc2cccc(C(=O)O)c2)C1. The lowest BCUT2D eigenvalue weighted by Gasteiger charge is -2.45. The second kappa shape index (κ2) is 5.73. The van der Waals surface area contributed by atoms with Gasteiger partial charge in [-0.15, -0.1) is 0 Å². The molecule has 0 radical (unpaired) electrons. The Labute approximate surface area is 123 Å². The van der Waals surface area contributed by atoms with Crippen LogP contribution in [0.1, 0.15) is 29.8 Å². The average Bonchev–Trinajstić information content (AvgIpc) is 2.33. The van der Waals surface area contributed by atoms with E-state index in [-0.39, 0.29) is 24.1 Å². The first kappa shape index (κ1) is 15.3. The highest BCUT2D eigenvalue weighted by Gasteiger charge is 2.39. The van der Waals surface area contributed by atoms with Crippen molar-refractivity contribution in [1.29, 1.82) is 0 Å². The maximum absolute atomic E-state index is 11.9. The summed E-state index contributed by atoms with van der Waals surface area (Å²) in [5.74, 6) is -0.891. The molecule has 0 atom stereocenters. The Morgan fingerprint density at radius 3 is 2.62 bits per heavy atom. The Kier molecular flexibility index (Phi) is 4.18. The summed E-state index contributed by atoms with van der Waals surface area (Å²) in [5, 5.41) is 21.5. The second-order valence-corrected chi connectivity index (χ2v) is 5.92. The summed E-state index contributed by atoms with van der Waals surface area (Å²) in [7, 11) is 0. The molecule has 1 aromatic carbocycles. The Balaban J connectivity index is 1.83. The number of benzene rings is 1. The van der Waals surface area contributed by atoms with Gasteiger partial charge in [-0.3, -0.25) is 0 Å². The summed E-state index contributed by atoms with van der Waals surface area (Å²) in [6, 6.07) is 6.27. The van der Waals surface area contributed by atoms with Gasteiger partial charge in [0.2, 0.25) is 0 Å². The van der Waals surface area contributed by atoms with E-state index in [0.29, 0.717) is 13.1 Å². The minimum atomic E-state index is -0.987. The van der Waals surface area contributed by atoms with Crippen LogP contribution >= 0.6 is 0 Å². The van der Waals surface area contributed by atoms with Crippen LogP contribution in [-0.2, 0) is 6.54 Å². The molecule has 0 spiro atoms. The monoisotopic (exact) mass is 292 g/mol. The summed E-state index contributed by atoms with van der Waals surface area (Å²) < 4.78 is 0. The van der Waals surface area contributed by atoms with Gasteiger partial charge in [0.15, 0.2) is 0 Å². The fraction of sp³-hybridized carbons (Fsp3) is 0.467. The molecule has 0 bridgehead atoms. The van der Waals surface area contributed by atoms with E-state index in [2.05, 4.69) is 5.32 Å². The molecule has 3 N–H and O–H groups in total. The zero-order valence-corrected chi connectivity index (χ0v) is 12.2. The molecular formula is C15H20N2O4. The van der Waals surface area contributed by atoms with E-state index in [0.717, 1.165) is 5.56 Å². The van der Waals surface area contributed by atoms with Crippen molar-refractivity contribution in [3.63, 3.8) is 0 Å². The highest BCUT2D eigenvalue weighted by atomic mass is 16.4. The van der Waals surface area contributed by atoms with Crippen LogP contribution in [0.25, 0.3) is 0 Å². The van der Waals surface area contributed by atoms with Crippen molar-refractivity contribution < 1.29 is 19.8 Å². The number of likely N-dealkylation sites (tertiary alicyclic amines) is 1. The van der Waals surface area contributed by atoms with Crippen LogP contribution in [0, 0.1) is 5.92 Å². The van der Waals surface area contributed by atoms with Crippen LogP contribution in [0.3, 0.4) is 0 Å². The number of rotatable bonds is 4. The number of hydrogen-bond acceptors (Lipinski definition) is 3. The van der Waals surface area contributed by atoms with E-state index in [9.17, 15) is 14.7 Å². The maximum atomic E-state index is 11.9. The normalized spacial score (nSPS) is 15.5. The maximum Gasteiger partial charge on any atom is 0.335 e. The summed E-state index contributed by atoms with van der Waals surface area (Å²) in [6.45, 7) is 4.83. The van der Waals surface area contributed by atoms with Gasteiger partial charge >= 0.3 is 12.0 Å². The van der Waals surface area contributed by atoms with Crippen LogP contribution in [0.2, 0.25) is 0 Å². The molecule has 0 aromatic heterocycles. The molecule has 2 rings (SSSR count). The first-order valence-electron chi connectivity index (χ1n) is 6.85. The van der Waals surface area contributed by atoms with Gasteiger partial charge in [-0.25, -0.2) is 9.59 Å². The van der Waals surface area contributed by atoms with Gasteiger partial charge < -0.3 is 20.4 Å². The lowest BCUT2D eigenvalue weighted by Crippen LogP contribution is -2.59. The number of aliphatic hydroxyl groups is 1. The van der Waals surface area contributed by atoms with Gasteiger partial charge in [-0.1, -0.05) is 12.1 Å². The summed E-state index contributed by atoms with van der Waals surface area (Å²) >= 11 is 0. The molecule has 1 saturated heterocycles. The van der Waals surface area contributed by atoms with Gasteiger partial charge in [0, 0.05) is 25.6 Å². The Bertz CT molecular complexity index is 545. The van der Waals surface area contributed by atoms with Crippen molar-refractivity contribution in [2.24, 2.45) is 5.92 Å². The van der Waals surface area contributed by atoms with Crippen molar-refractivity contribution in [2.75, 3.05) is 13.1 Å². The summed E-state index contributed by atoms with van der Waals surface area (Å²) in [4.78, 5) is 24.4. The third-order valence-corrected chi connectivity index (χ3v) is 3.79. The predicted molar refractivity (Wildman–Crippen MR) is 77.0 cm³/mol. The molecular weight excluding hydrogens is 272 g/mol. The number of nitrogens with one attached hydrogen (secondary N) is 1. The van der Waals surface area contributed by atoms with Crippen molar-refractivity contribution >= 4 is 12.0 Å². The molecule has 1 aliphatic rings. The topological polar surface area (TPSA) is 89.9 Å². The molecule has 1 aromatic rings. The highest BCUT2D eigenvalue weighted by molar-refractivity contribution is 5.87. The smallest absolute Gasteiger partial charge is 0.335 e. The lowest BCUT2D eigenvalue weighted by molar-refractivity contribution is -0.0457. The predicted octanol–water partition coefficient (Wildman–Crippen LogP) is 1.30. The van der Waals surface area contributed by atoms with E-state index in [4.69, 9.17) is 5.11 Å². The van der Waals surface area contributed by atoms with Crippen LogP contribution in [0.5, 0.6) is 0 Å². The average molecular weight is 292 g/mol. The van der Waals surface area contributed by atoms with Crippen LogP contribution in [0.4, 0.5) is 4.79 Å². The molecule has 0 unspecified atom stereocenters. The van der Waals surface area contributed by atoms with E-state index < -0.39 is 11.6 Å². The number of carboxylic acid groups (broad SMARTS) is 1. The molecule has 6 heteroatoms. The van der Waals surface area contributed by atoms with Gasteiger partial charge in [-0.05, 0) is 31.5 Å². The van der Waals surface area contributed by atoms with E-state index in [1.165, 1.54) is 6.07 Å². The summed E-state index contributed by atoms with van der Waals surface area (Å²) in [5.41, 5.74) is 0.169. The molecule has 1 heterocycles. The molecule has 6 nitrogen and oxygen atoms in total. The van der Waals surface area contributed by atoms with Crippen LogP contribution < -0.4 is 5.32 Å². The van der Waals surface area contributed by atoms with E-state index in [1.54, 1.807) is 36.9 Å². The van der Waals surface area contributed by atoms with Gasteiger partial charge in [0.05, 0.1) is 11.2 Å². The number of carboxylic acids is 1. The first-order chi connectivity index (χ1) is 9.77. The molecule has 21 heavy (non-hydrogen) atoms. The number of nitrogens with zero attached hydrogens (tertiary/aromatic N) is 1. The zero-order valence-electron chi connectivity index (χ0n) is 12.2. The fourth-order valence-corrected chi connectivity index (χ4v) is 2.20. The van der Waals surface area contributed by atoms with E-state index >= 15 is 0 Å². The Morgan fingerprint density at radius 1 is 1.38 bits per heavy atom. The molecule has 1 aliphatic heterocycles. The molecule has 0 saturated carbocycles. The molecule has 1 fully saturated rings. The zero-order chi connectivity index (χ0) is 15.6. The van der Waals surface area contributed by atoms with Crippen molar-refractivity contribution in [1.82, 2.24) is 10.2 Å². The minimum Gasteiger partial charge on any atom is -0.478 e. The lowest BCUT2D eigenvalue weighted by atomic mass is 9.85. The van der Waals surface area contributed by atoms with Crippen LogP contribution in [0.15, 0.2) is 24.3 Å². The third kappa shape index (κ3) is 3.72. The Hall–Kier alpha value is -2.08. The number of hydrogen-bond donors (Lipinski definition) is 3. The number of aromatic carboxylic acids is 1. The van der Waals surface area contributed by atoms with Crippen LogP contribution in [-0.4, -0.2) is 45.8 Å². The molecule has 2 amide bonds.